The quantitative estimate of drug-likeness (QED) is 0.0546. The van der Waals surface area contributed by atoms with Crippen LogP contribution < -0.4 is 25.0 Å². The molecular weight excluding hydrogens is 1100 g/mol. The molecule has 4 saturated heterocycles. The lowest BCUT2D eigenvalue weighted by Gasteiger charge is -2.30. The van der Waals surface area contributed by atoms with Gasteiger partial charge in [-0.1, -0.05) is 137 Å². The second-order valence-electron chi connectivity index (χ2n) is 22.6. The molecule has 4 aliphatic heterocycles. The number of hydrogen-bond acceptors (Lipinski definition) is 13. The number of aromatic hydroxyl groups is 1. The van der Waals surface area contributed by atoms with Gasteiger partial charge in [-0.05, 0) is 109 Å². The van der Waals surface area contributed by atoms with Gasteiger partial charge in [0, 0.05) is 73.0 Å². The van der Waals surface area contributed by atoms with Crippen molar-refractivity contribution in [3.05, 3.63) is 143 Å². The Labute approximate surface area is 503 Å². The van der Waals surface area contributed by atoms with Crippen molar-refractivity contribution in [3.8, 4) is 40.0 Å². The molecule has 3 aromatic heterocycles. The zero-order valence-corrected chi connectivity index (χ0v) is 50.9. The summed E-state index contributed by atoms with van der Waals surface area (Å²) in [5.41, 5.74) is 7.36. The first kappa shape index (κ1) is 61.8. The van der Waals surface area contributed by atoms with E-state index in [1.54, 1.807) is 35.2 Å². The Morgan fingerprint density at radius 3 is 2.41 bits per heavy atom. The summed E-state index contributed by atoms with van der Waals surface area (Å²) in [4.78, 5) is 43.6. The van der Waals surface area contributed by atoms with Crippen LogP contribution >= 0.6 is 11.6 Å². The molecule has 2 amide bonds. The first-order valence-electron chi connectivity index (χ1n) is 30.0. The monoisotopic (exact) mass is 1170 g/mol. The Morgan fingerprint density at radius 2 is 1.78 bits per heavy atom. The van der Waals surface area contributed by atoms with Gasteiger partial charge in [-0.25, -0.2) is 9.07 Å². The van der Waals surface area contributed by atoms with Crippen LogP contribution in [-0.2, 0) is 27.4 Å². The van der Waals surface area contributed by atoms with Crippen molar-refractivity contribution in [1.82, 2.24) is 45.5 Å². The summed E-state index contributed by atoms with van der Waals surface area (Å²) in [7, 11) is 0. The number of nitrogens with zero attached hydrogens (tertiary/aromatic N) is 8. The lowest BCUT2D eigenvalue weighted by atomic mass is 9.94. The highest BCUT2D eigenvalue weighted by Gasteiger charge is 2.40. The van der Waals surface area contributed by atoms with Crippen molar-refractivity contribution in [1.29, 1.82) is 0 Å². The third kappa shape index (κ3) is 14.0. The molecule has 7 heterocycles. The van der Waals surface area contributed by atoms with Gasteiger partial charge >= 0.3 is 6.01 Å². The van der Waals surface area contributed by atoms with E-state index < -0.39 is 6.04 Å². The van der Waals surface area contributed by atoms with E-state index in [9.17, 15) is 14.7 Å². The third-order valence-electron chi connectivity index (χ3n) is 16.2. The van der Waals surface area contributed by atoms with Gasteiger partial charge in [0.25, 0.3) is 0 Å². The minimum Gasteiger partial charge on any atom is -0.508 e. The molecule has 4 aromatic carbocycles. The number of aromatic nitrogens is 6. The number of phenols is 1. The Balaban J connectivity index is 0.000000333. The van der Waals surface area contributed by atoms with E-state index in [2.05, 4.69) is 53.2 Å². The molecule has 4 fully saturated rings. The van der Waals surface area contributed by atoms with Gasteiger partial charge in [-0.2, -0.15) is 9.97 Å². The number of nitrogens with one attached hydrogen (secondary N) is 2. The van der Waals surface area contributed by atoms with Gasteiger partial charge in [-0.3, -0.25) is 14.6 Å². The van der Waals surface area contributed by atoms with Gasteiger partial charge in [0.05, 0.1) is 30.8 Å². The SMILES string of the molecule is C=C/C=C(\C(Cl)=C/C)c1ccc(C(C)NC=O)cc1.CCC.CCc1c(F)ccc2cc(O)cc(-c3ncc4c(N5CC6CC5CN6)nc(OC5CCOCC5)nc4c3OCc3ccc(-c4cn(C(C(=O)N5CCCC5C)C(C)C)nn4)cc3)c12. The Kier molecular flexibility index (Phi) is 20.7. The molecule has 16 nitrogen and oxygen atoms in total. The average molecular weight is 1180 g/mol. The van der Waals surface area contributed by atoms with Crippen molar-refractivity contribution in [2.45, 2.75) is 143 Å². The van der Waals surface area contributed by atoms with E-state index in [0.29, 0.717) is 87.1 Å². The maximum Gasteiger partial charge on any atom is 0.319 e. The molecule has 5 unspecified atom stereocenters. The number of fused-ring (bicyclic) bond motifs is 4. The molecule has 0 spiro atoms. The van der Waals surface area contributed by atoms with Gasteiger partial charge in [-0.15, -0.1) is 5.10 Å². The molecule has 18 heteroatoms. The highest BCUT2D eigenvalue weighted by molar-refractivity contribution is 6.37. The van der Waals surface area contributed by atoms with Crippen LogP contribution in [0.2, 0.25) is 0 Å². The van der Waals surface area contributed by atoms with Crippen LogP contribution in [0.3, 0.4) is 0 Å². The number of phenolic OH excluding ortho intramolecular Hbond substituents is 1. The standard InChI is InChI=1S/C48H54FN9O5.C16H18ClNO.C3H8/c1-5-36-39(49)13-12-31-19-34(59)21-37(41(31)36)42-45(43-38(23-51-42)46(57-24-32-20-33(57)22-50-32)53-48(52-43)63-35-14-17-61-18-15-35)62-26-29-8-10-30(11-9-29)40-25-58(55-54-40)44(27(2)3)47(60)56-16-6-7-28(56)4;1-4-6-15(16(17)5-2)14-9-7-13(8-10-14)12(3)18-11-19;1-3-2/h8-13,19,21,23,25,27-28,32-33,35,44,50,59H,5-7,14-18,20,22,24,26H2,1-4H3;4-12H,1H2,2-3H3,(H,18,19);3H2,1-2H3/b;15-6-,16-5+;. The maximum absolute atomic E-state index is 15.6. The number of aryl methyl sites for hydroxylation is 1. The number of amides is 2. The second kappa shape index (κ2) is 28.4. The molecule has 0 radical (unpaired) electrons. The number of piperazine rings is 1. The van der Waals surface area contributed by atoms with Crippen molar-refractivity contribution < 1.29 is 33.3 Å². The van der Waals surface area contributed by atoms with E-state index in [-0.39, 0.29) is 60.2 Å². The lowest BCUT2D eigenvalue weighted by molar-refractivity contribution is -0.137. The normalized spacial score (nSPS) is 18.6. The van der Waals surface area contributed by atoms with E-state index >= 15 is 4.39 Å². The van der Waals surface area contributed by atoms with Gasteiger partial charge in [0.15, 0.2) is 5.75 Å². The number of halogens is 2. The molecule has 0 saturated carbocycles. The van der Waals surface area contributed by atoms with Gasteiger partial charge < -0.3 is 39.8 Å². The van der Waals surface area contributed by atoms with Crippen LogP contribution in [-0.4, -0.2) is 109 Å². The van der Waals surface area contributed by atoms with Crippen molar-refractivity contribution >= 4 is 57.0 Å². The Bertz CT molecular complexity index is 3530. The predicted octanol–water partition coefficient (Wildman–Crippen LogP) is 13.0. The fourth-order valence-electron chi connectivity index (χ4n) is 11.8. The summed E-state index contributed by atoms with van der Waals surface area (Å²) in [5, 5.41) is 29.1. The number of allylic oxidation sites excluding steroid dienone is 5. The van der Waals surface area contributed by atoms with E-state index in [1.807, 2.05) is 106 Å². The number of likely N-dealkylation sites (tertiary alicyclic amines) is 1. The number of rotatable bonds is 18. The minimum absolute atomic E-state index is 0.00410. The summed E-state index contributed by atoms with van der Waals surface area (Å²) >= 11 is 6.18. The summed E-state index contributed by atoms with van der Waals surface area (Å²) in [6.07, 6.45) is 15.8. The fourth-order valence-corrected chi connectivity index (χ4v) is 11.9. The maximum atomic E-state index is 15.6. The first-order chi connectivity index (χ1) is 41.2. The highest BCUT2D eigenvalue weighted by Crippen LogP contribution is 2.45. The van der Waals surface area contributed by atoms with Crippen LogP contribution in [0.25, 0.3) is 49.8 Å². The average Bonchev–Trinajstić information content (AvgIpc) is 2.74. The molecule has 85 heavy (non-hydrogen) atoms. The van der Waals surface area contributed by atoms with Crippen molar-refractivity contribution in [2.24, 2.45) is 5.92 Å². The predicted molar refractivity (Wildman–Crippen MR) is 335 cm³/mol. The number of anilines is 1. The zero-order chi connectivity index (χ0) is 60.3. The largest absolute Gasteiger partial charge is 0.508 e. The topological polar surface area (TPSA) is 182 Å². The molecule has 7 aromatic rings. The summed E-state index contributed by atoms with van der Waals surface area (Å²) < 4.78 is 36.3. The fraction of sp³-hybridized carbons (Fsp3) is 0.418. The summed E-state index contributed by atoms with van der Waals surface area (Å²) in [5.74, 6) is 0.912. The molecule has 0 aliphatic carbocycles. The Morgan fingerprint density at radius 1 is 1.02 bits per heavy atom. The number of carbonyl (C=O) groups is 2. The minimum atomic E-state index is -0.444. The van der Waals surface area contributed by atoms with Crippen LogP contribution in [0.4, 0.5) is 10.2 Å². The zero-order valence-electron chi connectivity index (χ0n) is 50.2. The highest BCUT2D eigenvalue weighted by atomic mass is 35.5. The van der Waals surface area contributed by atoms with Crippen LogP contribution in [0.15, 0.2) is 115 Å². The molecule has 11 rings (SSSR count). The van der Waals surface area contributed by atoms with Crippen molar-refractivity contribution in [3.63, 3.8) is 0 Å². The number of pyridine rings is 1. The van der Waals surface area contributed by atoms with E-state index in [1.165, 1.54) is 12.5 Å². The smallest absolute Gasteiger partial charge is 0.319 e. The van der Waals surface area contributed by atoms with Gasteiger partial charge in [0.1, 0.15) is 53.0 Å². The Hall–Kier alpha value is -7.73. The molecule has 4 aliphatic rings. The first-order valence-corrected chi connectivity index (χ1v) is 30.3. The van der Waals surface area contributed by atoms with E-state index in [0.717, 1.165) is 85.4 Å². The molecule has 3 N–H and O–H groups in total. The number of benzene rings is 4. The number of carbonyl (C=O) groups excluding carboxylic acids is 2. The third-order valence-corrected chi connectivity index (χ3v) is 16.6. The second-order valence-corrected chi connectivity index (χ2v) is 23.1. The molecule has 2 bridgehead atoms. The van der Waals surface area contributed by atoms with Crippen molar-refractivity contribution in [2.75, 3.05) is 37.7 Å². The molecular formula is C67H80ClFN10O6. The summed E-state index contributed by atoms with van der Waals surface area (Å²) in [6.45, 7) is 23.6. The summed E-state index contributed by atoms with van der Waals surface area (Å²) in [6, 6.07) is 22.8. The van der Waals surface area contributed by atoms with Crippen LogP contribution in [0.1, 0.15) is 128 Å². The molecule has 5 atom stereocenters. The van der Waals surface area contributed by atoms with Crippen LogP contribution in [0.5, 0.6) is 17.5 Å². The molecule has 448 valence electrons. The van der Waals surface area contributed by atoms with E-state index in [4.69, 9.17) is 40.8 Å². The van der Waals surface area contributed by atoms with Gasteiger partial charge in [0.2, 0.25) is 12.3 Å². The number of hydrogen-bond donors (Lipinski definition) is 3. The lowest BCUT2D eigenvalue weighted by Crippen LogP contribution is -2.44. The van der Waals surface area contributed by atoms with Crippen LogP contribution in [0, 0.1) is 11.7 Å². The number of ether oxygens (including phenoxy) is 3.